The number of rotatable bonds is 10. The van der Waals surface area contributed by atoms with E-state index in [9.17, 15) is 5.26 Å². The fourth-order valence-corrected chi connectivity index (χ4v) is 2.70. The minimum Gasteiger partial charge on any atom is -0.494 e. The van der Waals surface area contributed by atoms with Crippen LogP contribution in [0.15, 0.2) is 54.6 Å². The van der Waals surface area contributed by atoms with Crippen LogP contribution < -0.4 is 4.74 Å². The number of benzene rings is 2. The molecule has 0 unspecified atom stereocenters. The van der Waals surface area contributed by atoms with E-state index in [1.165, 1.54) is 32.1 Å². The maximum Gasteiger partial charge on any atom is 0.119 e. The van der Waals surface area contributed by atoms with E-state index in [1.807, 2.05) is 60.7 Å². The Bertz CT molecular complexity index is 680. The fourth-order valence-electron chi connectivity index (χ4n) is 2.70. The van der Waals surface area contributed by atoms with Crippen molar-refractivity contribution in [3.63, 3.8) is 0 Å². The Hall–Kier alpha value is -2.53. The molecule has 0 aliphatic carbocycles. The molecular formula is C23H27NO. The molecule has 0 saturated heterocycles. The van der Waals surface area contributed by atoms with Crippen molar-refractivity contribution < 1.29 is 4.74 Å². The highest BCUT2D eigenvalue weighted by atomic mass is 16.5. The van der Waals surface area contributed by atoms with Crippen LogP contribution >= 0.6 is 0 Å². The molecule has 0 heterocycles. The standard InChI is InChI=1S/C23H27NO/c1-2-3-4-5-6-10-17-25-23-15-13-20(14-16-23)18-22(19-24)21-11-8-7-9-12-21/h7-9,11-16,18H,2-6,10,17H2,1H3/b22-18-. The van der Waals surface area contributed by atoms with Crippen molar-refractivity contribution in [3.05, 3.63) is 65.7 Å². The lowest BCUT2D eigenvalue weighted by Crippen LogP contribution is -1.97. The molecule has 0 atom stereocenters. The van der Waals surface area contributed by atoms with Crippen LogP contribution in [-0.2, 0) is 0 Å². The molecule has 130 valence electrons. The van der Waals surface area contributed by atoms with Crippen LogP contribution in [0.1, 0.15) is 56.6 Å². The lowest BCUT2D eigenvalue weighted by atomic mass is 10.0. The summed E-state index contributed by atoms with van der Waals surface area (Å²) in [4.78, 5) is 0. The van der Waals surface area contributed by atoms with Crippen molar-refractivity contribution in [2.45, 2.75) is 45.4 Å². The zero-order valence-electron chi connectivity index (χ0n) is 15.1. The van der Waals surface area contributed by atoms with E-state index in [-0.39, 0.29) is 0 Å². The number of ether oxygens (including phenoxy) is 1. The predicted molar refractivity (Wildman–Crippen MR) is 105 cm³/mol. The lowest BCUT2D eigenvalue weighted by molar-refractivity contribution is 0.304. The van der Waals surface area contributed by atoms with E-state index in [1.54, 1.807) is 0 Å². The van der Waals surface area contributed by atoms with Crippen molar-refractivity contribution >= 4 is 11.6 Å². The molecule has 2 nitrogen and oxygen atoms in total. The topological polar surface area (TPSA) is 33.0 Å². The van der Waals surface area contributed by atoms with Gasteiger partial charge in [0.2, 0.25) is 0 Å². The van der Waals surface area contributed by atoms with Crippen LogP contribution in [0.3, 0.4) is 0 Å². The Kier molecular flexibility index (Phi) is 8.35. The van der Waals surface area contributed by atoms with Gasteiger partial charge in [-0.05, 0) is 35.8 Å². The van der Waals surface area contributed by atoms with E-state index in [4.69, 9.17) is 4.74 Å². The van der Waals surface area contributed by atoms with Gasteiger partial charge in [-0.3, -0.25) is 0 Å². The van der Waals surface area contributed by atoms with Gasteiger partial charge in [-0.1, -0.05) is 81.5 Å². The van der Waals surface area contributed by atoms with Crippen LogP contribution in [0.2, 0.25) is 0 Å². The largest absolute Gasteiger partial charge is 0.494 e. The van der Waals surface area contributed by atoms with Gasteiger partial charge in [0.15, 0.2) is 0 Å². The lowest BCUT2D eigenvalue weighted by Gasteiger charge is -2.06. The molecule has 0 fully saturated rings. The summed E-state index contributed by atoms with van der Waals surface area (Å²) in [6.45, 7) is 3.01. The van der Waals surface area contributed by atoms with Crippen molar-refractivity contribution in [1.29, 1.82) is 5.26 Å². The molecule has 0 aliphatic heterocycles. The summed E-state index contributed by atoms with van der Waals surface area (Å²) in [5.41, 5.74) is 2.61. The van der Waals surface area contributed by atoms with E-state index in [0.717, 1.165) is 29.9 Å². The molecule has 0 N–H and O–H groups in total. The summed E-state index contributed by atoms with van der Waals surface area (Å²) < 4.78 is 5.80. The number of allylic oxidation sites excluding steroid dienone is 1. The summed E-state index contributed by atoms with van der Waals surface area (Å²) in [7, 11) is 0. The first-order valence-corrected chi connectivity index (χ1v) is 9.23. The second kappa shape index (κ2) is 11.1. The first kappa shape index (κ1) is 18.8. The summed E-state index contributed by atoms with van der Waals surface area (Å²) >= 11 is 0. The van der Waals surface area contributed by atoms with Crippen molar-refractivity contribution in [3.8, 4) is 11.8 Å². The molecule has 2 heteroatoms. The highest BCUT2D eigenvalue weighted by molar-refractivity contribution is 5.89. The highest BCUT2D eigenvalue weighted by Crippen LogP contribution is 2.19. The predicted octanol–water partition coefficient (Wildman–Crippen LogP) is 6.49. The van der Waals surface area contributed by atoms with Gasteiger partial charge < -0.3 is 4.74 Å². The van der Waals surface area contributed by atoms with Gasteiger partial charge in [-0.2, -0.15) is 5.26 Å². The van der Waals surface area contributed by atoms with Crippen LogP contribution in [0.5, 0.6) is 5.75 Å². The van der Waals surface area contributed by atoms with Crippen molar-refractivity contribution in [2.24, 2.45) is 0 Å². The van der Waals surface area contributed by atoms with Gasteiger partial charge >= 0.3 is 0 Å². The van der Waals surface area contributed by atoms with Crippen molar-refractivity contribution in [1.82, 2.24) is 0 Å². The summed E-state index contributed by atoms with van der Waals surface area (Å²) in [5, 5.41) is 9.37. The van der Waals surface area contributed by atoms with Crippen molar-refractivity contribution in [2.75, 3.05) is 6.61 Å². The van der Waals surface area contributed by atoms with E-state index in [2.05, 4.69) is 13.0 Å². The number of nitriles is 1. The van der Waals surface area contributed by atoms with Crippen LogP contribution in [0, 0.1) is 11.3 Å². The third-order valence-electron chi connectivity index (χ3n) is 4.16. The van der Waals surface area contributed by atoms with Gasteiger partial charge in [0, 0.05) is 0 Å². The summed E-state index contributed by atoms with van der Waals surface area (Å²) in [6, 6.07) is 20.0. The van der Waals surface area contributed by atoms with Gasteiger partial charge in [0.1, 0.15) is 5.75 Å². The minimum atomic E-state index is 0.668. The molecule has 2 aromatic rings. The monoisotopic (exact) mass is 333 g/mol. The number of unbranched alkanes of at least 4 members (excludes halogenated alkanes) is 5. The molecule has 2 rings (SSSR count). The first-order chi connectivity index (χ1) is 12.3. The minimum absolute atomic E-state index is 0.668. The third-order valence-corrected chi connectivity index (χ3v) is 4.16. The molecule has 25 heavy (non-hydrogen) atoms. The molecule has 0 bridgehead atoms. The molecule has 0 spiro atoms. The molecular weight excluding hydrogens is 306 g/mol. The average molecular weight is 333 g/mol. The quantitative estimate of drug-likeness (QED) is 0.283. The highest BCUT2D eigenvalue weighted by Gasteiger charge is 2.01. The van der Waals surface area contributed by atoms with Gasteiger partial charge in [-0.25, -0.2) is 0 Å². The second-order valence-electron chi connectivity index (χ2n) is 6.22. The maximum absolute atomic E-state index is 9.37. The molecule has 0 aliphatic rings. The van der Waals surface area contributed by atoms with Gasteiger partial charge in [-0.15, -0.1) is 0 Å². The normalized spacial score (nSPS) is 11.1. The third kappa shape index (κ3) is 6.85. The Morgan fingerprint density at radius 3 is 2.28 bits per heavy atom. The number of nitrogens with zero attached hydrogens (tertiary/aromatic N) is 1. The van der Waals surface area contributed by atoms with Crippen LogP contribution in [0.25, 0.3) is 11.6 Å². The molecule has 0 amide bonds. The Balaban J connectivity index is 1.83. The molecule has 2 aromatic carbocycles. The SMILES string of the molecule is CCCCCCCCOc1ccc(/C=C(/C#N)c2ccccc2)cc1. The van der Waals surface area contributed by atoms with Crippen LogP contribution in [0.4, 0.5) is 0 Å². The number of hydrogen-bond donors (Lipinski definition) is 0. The smallest absolute Gasteiger partial charge is 0.119 e. The average Bonchev–Trinajstić information content (AvgIpc) is 2.67. The fraction of sp³-hybridized carbons (Fsp3) is 0.348. The zero-order chi connectivity index (χ0) is 17.7. The molecule has 0 radical (unpaired) electrons. The second-order valence-corrected chi connectivity index (χ2v) is 6.22. The summed E-state index contributed by atoms with van der Waals surface area (Å²) in [5.74, 6) is 0.893. The number of hydrogen-bond acceptors (Lipinski definition) is 2. The summed E-state index contributed by atoms with van der Waals surface area (Å²) in [6.07, 6.45) is 9.52. The van der Waals surface area contributed by atoms with E-state index >= 15 is 0 Å². The van der Waals surface area contributed by atoms with E-state index in [0.29, 0.717) is 5.57 Å². The molecule has 0 saturated carbocycles. The molecule has 0 aromatic heterocycles. The van der Waals surface area contributed by atoms with Gasteiger partial charge in [0.05, 0.1) is 18.2 Å². The van der Waals surface area contributed by atoms with Crippen LogP contribution in [-0.4, -0.2) is 6.61 Å². The first-order valence-electron chi connectivity index (χ1n) is 9.23. The Labute approximate surface area is 151 Å². The maximum atomic E-state index is 9.37. The van der Waals surface area contributed by atoms with Gasteiger partial charge in [0.25, 0.3) is 0 Å². The zero-order valence-corrected chi connectivity index (χ0v) is 15.1. The Morgan fingerprint density at radius 1 is 0.920 bits per heavy atom. The Morgan fingerprint density at radius 2 is 1.60 bits per heavy atom. The van der Waals surface area contributed by atoms with E-state index < -0.39 is 0 Å².